The van der Waals surface area contributed by atoms with Gasteiger partial charge in [-0.15, -0.1) is 0 Å². The van der Waals surface area contributed by atoms with E-state index in [0.29, 0.717) is 16.4 Å². The lowest BCUT2D eigenvalue weighted by molar-refractivity contribution is 0.303. The molecule has 0 saturated heterocycles. The fourth-order valence-corrected chi connectivity index (χ4v) is 2.90. The molecule has 0 atom stereocenters. The van der Waals surface area contributed by atoms with Gasteiger partial charge in [-0.25, -0.2) is 4.39 Å². The highest BCUT2D eigenvalue weighted by Crippen LogP contribution is 2.27. The van der Waals surface area contributed by atoms with E-state index in [2.05, 4.69) is 47.8 Å². The average Bonchev–Trinajstić information content (AvgIpc) is 2.39. The zero-order chi connectivity index (χ0) is 13.8. The zero-order valence-corrected chi connectivity index (χ0v) is 14.6. The molecule has 1 nitrogen and oxygen atoms in total. The first-order chi connectivity index (χ1) is 9.10. The minimum Gasteiger partial charge on any atom is -0.489 e. The monoisotopic (exact) mass is 450 g/mol. The summed E-state index contributed by atoms with van der Waals surface area (Å²) in [5, 5.41) is 0.715. The van der Waals surface area contributed by atoms with Gasteiger partial charge in [-0.3, -0.25) is 0 Å². The number of halogens is 4. The van der Waals surface area contributed by atoms with Crippen molar-refractivity contribution >= 4 is 47.8 Å². The van der Waals surface area contributed by atoms with Crippen LogP contribution in [-0.2, 0) is 11.9 Å². The molecule has 19 heavy (non-hydrogen) atoms. The Kier molecular flexibility index (Phi) is 5.42. The van der Waals surface area contributed by atoms with Gasteiger partial charge in [-0.1, -0.05) is 53.9 Å². The quantitative estimate of drug-likeness (QED) is 0.531. The molecule has 100 valence electrons. The van der Waals surface area contributed by atoms with Crippen molar-refractivity contribution in [3.05, 3.63) is 62.3 Å². The van der Waals surface area contributed by atoms with E-state index in [1.807, 2.05) is 18.2 Å². The Hall–Kier alpha value is -0.390. The smallest absolute Gasteiger partial charge is 0.124 e. The average molecular weight is 453 g/mol. The van der Waals surface area contributed by atoms with E-state index < -0.39 is 0 Å². The molecule has 0 aliphatic rings. The Balaban J connectivity index is 2.14. The van der Waals surface area contributed by atoms with Gasteiger partial charge in [0.05, 0.1) is 0 Å². The largest absolute Gasteiger partial charge is 0.489 e. The molecule has 0 radical (unpaired) electrons. The number of hydrogen-bond acceptors (Lipinski definition) is 1. The number of hydrogen-bond donors (Lipinski definition) is 0. The van der Waals surface area contributed by atoms with E-state index >= 15 is 0 Å². The van der Waals surface area contributed by atoms with Crippen LogP contribution >= 0.6 is 47.8 Å². The molecule has 0 aromatic heterocycles. The summed E-state index contributed by atoms with van der Waals surface area (Å²) in [4.78, 5) is 0. The molecule has 2 rings (SSSR count). The van der Waals surface area contributed by atoms with Gasteiger partial charge in [0.15, 0.2) is 0 Å². The van der Waals surface area contributed by atoms with Crippen molar-refractivity contribution < 1.29 is 9.13 Å². The van der Waals surface area contributed by atoms with Crippen molar-refractivity contribution in [2.24, 2.45) is 0 Å². The summed E-state index contributed by atoms with van der Waals surface area (Å²) in [6.07, 6.45) is 0. The topological polar surface area (TPSA) is 9.23 Å². The van der Waals surface area contributed by atoms with Gasteiger partial charge in [0.2, 0.25) is 0 Å². The van der Waals surface area contributed by atoms with E-state index in [4.69, 9.17) is 4.74 Å². The molecule has 2 aromatic rings. The number of ether oxygens (including phenoxy) is 1. The molecule has 2 aromatic carbocycles. The molecule has 0 aliphatic heterocycles. The van der Waals surface area contributed by atoms with Crippen LogP contribution in [0, 0.1) is 5.82 Å². The molecule has 0 amide bonds. The fraction of sp³-hybridized carbons (Fsp3) is 0.143. The zero-order valence-electron chi connectivity index (χ0n) is 9.80. The molecule has 0 fully saturated rings. The number of alkyl halides is 1. The first-order valence-electron chi connectivity index (χ1n) is 5.51. The first-order valence-corrected chi connectivity index (χ1v) is 8.22. The lowest BCUT2D eigenvalue weighted by Crippen LogP contribution is -1.99. The Morgan fingerprint density at radius 1 is 1.00 bits per heavy atom. The molecular weight excluding hydrogens is 443 g/mol. The van der Waals surface area contributed by atoms with Gasteiger partial charge in [-0.2, -0.15) is 0 Å². The van der Waals surface area contributed by atoms with Crippen molar-refractivity contribution in [3.63, 3.8) is 0 Å². The molecule has 0 heterocycles. The summed E-state index contributed by atoms with van der Waals surface area (Å²) in [6, 6.07) is 10.4. The van der Waals surface area contributed by atoms with Crippen molar-refractivity contribution in [2.75, 3.05) is 0 Å². The Bertz CT molecular complexity index is 587. The predicted octanol–water partition coefficient (Wildman–Crippen LogP) is 5.82. The van der Waals surface area contributed by atoms with Crippen LogP contribution in [0.3, 0.4) is 0 Å². The fourth-order valence-electron chi connectivity index (χ4n) is 1.59. The summed E-state index contributed by atoms with van der Waals surface area (Å²) in [5.41, 5.74) is 1.97. The van der Waals surface area contributed by atoms with Gasteiger partial charge in [0.1, 0.15) is 18.2 Å². The molecule has 0 saturated carbocycles. The molecule has 0 N–H and O–H groups in total. The van der Waals surface area contributed by atoms with Gasteiger partial charge in [0, 0.05) is 25.4 Å². The SMILES string of the molecule is Fc1ccc(COc2ccc(Br)cc2CBr)c(Br)c1. The second-order valence-corrected chi connectivity index (χ2v) is 6.24. The van der Waals surface area contributed by atoms with E-state index in [1.54, 1.807) is 6.07 Å². The predicted molar refractivity (Wildman–Crippen MR) is 85.2 cm³/mol. The molecule has 0 spiro atoms. The molecule has 0 unspecified atom stereocenters. The second kappa shape index (κ2) is 6.86. The maximum atomic E-state index is 13.0. The molecule has 0 bridgehead atoms. The van der Waals surface area contributed by atoms with Crippen LogP contribution in [0.25, 0.3) is 0 Å². The van der Waals surface area contributed by atoms with Crippen LogP contribution in [0.15, 0.2) is 45.3 Å². The highest BCUT2D eigenvalue weighted by atomic mass is 79.9. The Morgan fingerprint density at radius 3 is 2.47 bits per heavy atom. The van der Waals surface area contributed by atoms with Crippen LogP contribution in [-0.4, -0.2) is 0 Å². The summed E-state index contributed by atoms with van der Waals surface area (Å²) in [6.45, 7) is 0.391. The van der Waals surface area contributed by atoms with E-state index in [0.717, 1.165) is 21.3 Å². The minimum absolute atomic E-state index is 0.264. The second-order valence-electron chi connectivity index (χ2n) is 3.91. The highest BCUT2D eigenvalue weighted by molar-refractivity contribution is 9.10. The molecule has 0 aliphatic carbocycles. The normalized spacial score (nSPS) is 10.5. The van der Waals surface area contributed by atoms with Gasteiger partial charge in [-0.05, 0) is 30.3 Å². The van der Waals surface area contributed by atoms with E-state index in [9.17, 15) is 4.39 Å². The lowest BCUT2D eigenvalue weighted by atomic mass is 10.2. The van der Waals surface area contributed by atoms with Crippen LogP contribution in [0.5, 0.6) is 5.75 Å². The third-order valence-electron chi connectivity index (χ3n) is 2.56. The Morgan fingerprint density at radius 2 is 1.79 bits per heavy atom. The van der Waals surface area contributed by atoms with Gasteiger partial charge in [0.25, 0.3) is 0 Å². The first kappa shape index (κ1) is 15.0. The maximum Gasteiger partial charge on any atom is 0.124 e. The summed E-state index contributed by atoms with van der Waals surface area (Å²) in [7, 11) is 0. The summed E-state index contributed by atoms with van der Waals surface area (Å²) in [5.74, 6) is 0.553. The number of rotatable bonds is 4. The van der Waals surface area contributed by atoms with Gasteiger partial charge < -0.3 is 4.74 Å². The van der Waals surface area contributed by atoms with Gasteiger partial charge >= 0.3 is 0 Å². The Labute approximate surface area is 136 Å². The van der Waals surface area contributed by atoms with E-state index in [-0.39, 0.29) is 5.82 Å². The van der Waals surface area contributed by atoms with Crippen molar-refractivity contribution in [2.45, 2.75) is 11.9 Å². The summed E-state index contributed by atoms with van der Waals surface area (Å²) < 4.78 is 20.5. The molecule has 5 heteroatoms. The van der Waals surface area contributed by atoms with Crippen LogP contribution in [0.2, 0.25) is 0 Å². The standard InChI is InChI=1S/C14H10Br3FO/c15-7-10-5-11(16)2-4-14(10)19-8-9-1-3-12(18)6-13(9)17/h1-6H,7-8H2. The number of benzene rings is 2. The summed E-state index contributed by atoms with van der Waals surface area (Å²) >= 11 is 10.2. The van der Waals surface area contributed by atoms with E-state index in [1.165, 1.54) is 12.1 Å². The maximum absolute atomic E-state index is 13.0. The van der Waals surface area contributed by atoms with Crippen LogP contribution in [0.1, 0.15) is 11.1 Å². The van der Waals surface area contributed by atoms with Crippen molar-refractivity contribution in [1.29, 1.82) is 0 Å². The van der Waals surface area contributed by atoms with Crippen LogP contribution < -0.4 is 4.74 Å². The third kappa shape index (κ3) is 4.04. The highest BCUT2D eigenvalue weighted by Gasteiger charge is 2.06. The molecular formula is C14H10Br3FO. The third-order valence-corrected chi connectivity index (χ3v) is 4.40. The van der Waals surface area contributed by atoms with Crippen molar-refractivity contribution in [3.8, 4) is 5.75 Å². The lowest BCUT2D eigenvalue weighted by Gasteiger charge is -2.11. The van der Waals surface area contributed by atoms with Crippen LogP contribution in [0.4, 0.5) is 4.39 Å². The van der Waals surface area contributed by atoms with Crippen molar-refractivity contribution in [1.82, 2.24) is 0 Å². The minimum atomic E-state index is -0.264.